The fourth-order valence-corrected chi connectivity index (χ4v) is 2.35. The molecule has 0 aliphatic heterocycles. The normalized spacial score (nSPS) is 10.5. The molecule has 0 atom stereocenters. The summed E-state index contributed by atoms with van der Waals surface area (Å²) in [6, 6.07) is 13.1. The highest BCUT2D eigenvalue weighted by Gasteiger charge is 2.06. The van der Waals surface area contributed by atoms with E-state index in [1.54, 1.807) is 18.2 Å². The van der Waals surface area contributed by atoms with Gasteiger partial charge in [0.05, 0.1) is 16.7 Å². The molecule has 0 aliphatic rings. The summed E-state index contributed by atoms with van der Waals surface area (Å²) in [5, 5.41) is 1.83. The zero-order valence-electron chi connectivity index (χ0n) is 10.2. The van der Waals surface area contributed by atoms with Gasteiger partial charge in [-0.05, 0) is 42.7 Å². The van der Waals surface area contributed by atoms with Gasteiger partial charge in [-0.15, -0.1) is 0 Å². The lowest BCUT2D eigenvalue weighted by molar-refractivity contribution is 0.311. The molecule has 4 heteroatoms. The van der Waals surface area contributed by atoms with Crippen LogP contribution in [0.1, 0.15) is 12.0 Å². The monoisotopic (exact) mass is 314 g/mol. The van der Waals surface area contributed by atoms with Crippen LogP contribution < -0.4 is 4.74 Å². The summed E-state index contributed by atoms with van der Waals surface area (Å²) >= 11 is 17.9. The van der Waals surface area contributed by atoms with E-state index >= 15 is 0 Å². The Bertz CT molecular complexity index is 517. The summed E-state index contributed by atoms with van der Waals surface area (Å²) < 4.78 is 5.62. The lowest BCUT2D eigenvalue weighted by atomic mass is 10.1. The third kappa shape index (κ3) is 4.31. The number of hydrogen-bond donors (Lipinski definition) is 0. The molecule has 2 aromatic rings. The fourth-order valence-electron chi connectivity index (χ4n) is 1.72. The molecule has 0 aromatic heterocycles. The van der Waals surface area contributed by atoms with Crippen LogP contribution in [0.5, 0.6) is 5.75 Å². The minimum atomic E-state index is 0.541. The van der Waals surface area contributed by atoms with Crippen LogP contribution in [0.4, 0.5) is 0 Å². The van der Waals surface area contributed by atoms with Gasteiger partial charge in [0.2, 0.25) is 0 Å². The fraction of sp³-hybridized carbons (Fsp3) is 0.200. The number of benzene rings is 2. The molecule has 100 valence electrons. The van der Waals surface area contributed by atoms with Gasteiger partial charge in [0.15, 0.2) is 5.75 Å². The van der Waals surface area contributed by atoms with Crippen molar-refractivity contribution in [3.63, 3.8) is 0 Å². The Morgan fingerprint density at radius 3 is 2.11 bits per heavy atom. The second kappa shape index (κ2) is 7.04. The summed E-state index contributed by atoms with van der Waals surface area (Å²) in [6.07, 6.45) is 1.82. The smallest absolute Gasteiger partial charge is 0.156 e. The molecule has 0 N–H and O–H groups in total. The van der Waals surface area contributed by atoms with E-state index in [1.165, 1.54) is 5.56 Å². The van der Waals surface area contributed by atoms with E-state index in [4.69, 9.17) is 39.5 Å². The van der Waals surface area contributed by atoms with Gasteiger partial charge in [-0.25, -0.2) is 0 Å². The highest BCUT2D eigenvalue weighted by Crippen LogP contribution is 2.32. The SMILES string of the molecule is Clc1ccc(CCCOc2c(Cl)cccc2Cl)cc1. The average Bonchev–Trinajstić information content (AvgIpc) is 2.39. The van der Waals surface area contributed by atoms with Crippen molar-refractivity contribution < 1.29 is 4.74 Å². The molecule has 0 radical (unpaired) electrons. The minimum absolute atomic E-state index is 0.541. The van der Waals surface area contributed by atoms with Crippen LogP contribution in [0.15, 0.2) is 42.5 Å². The number of hydrogen-bond acceptors (Lipinski definition) is 1. The third-order valence-electron chi connectivity index (χ3n) is 2.69. The maximum absolute atomic E-state index is 6.02. The molecule has 0 aliphatic carbocycles. The zero-order chi connectivity index (χ0) is 13.7. The molecular weight excluding hydrogens is 303 g/mol. The van der Waals surface area contributed by atoms with Crippen LogP contribution in [0.25, 0.3) is 0 Å². The standard InChI is InChI=1S/C15H13Cl3O/c16-12-8-6-11(7-9-12)3-2-10-19-15-13(17)4-1-5-14(15)18/h1,4-9H,2-3,10H2. The van der Waals surface area contributed by atoms with E-state index in [0.29, 0.717) is 22.4 Å². The van der Waals surface area contributed by atoms with Crippen molar-refractivity contribution >= 4 is 34.8 Å². The number of ether oxygens (including phenoxy) is 1. The largest absolute Gasteiger partial charge is 0.490 e. The quantitative estimate of drug-likeness (QED) is 0.647. The molecule has 0 fully saturated rings. The second-order valence-corrected chi connectivity index (χ2v) is 5.38. The molecule has 0 spiro atoms. The van der Waals surface area contributed by atoms with Crippen molar-refractivity contribution in [2.45, 2.75) is 12.8 Å². The predicted molar refractivity (Wildman–Crippen MR) is 81.7 cm³/mol. The van der Waals surface area contributed by atoms with E-state index in [0.717, 1.165) is 17.9 Å². The van der Waals surface area contributed by atoms with Crippen LogP contribution in [-0.2, 0) is 6.42 Å². The Labute approximate surface area is 128 Å². The Morgan fingerprint density at radius 2 is 1.47 bits per heavy atom. The second-order valence-electron chi connectivity index (χ2n) is 4.13. The van der Waals surface area contributed by atoms with Gasteiger partial charge >= 0.3 is 0 Å². The van der Waals surface area contributed by atoms with Crippen LogP contribution >= 0.6 is 34.8 Å². The Morgan fingerprint density at radius 1 is 0.842 bits per heavy atom. The first kappa shape index (κ1) is 14.5. The van der Waals surface area contributed by atoms with Crippen LogP contribution in [-0.4, -0.2) is 6.61 Å². The summed E-state index contributed by atoms with van der Waals surface area (Å²) in [5.41, 5.74) is 1.23. The molecule has 1 nitrogen and oxygen atoms in total. The first-order valence-corrected chi connectivity index (χ1v) is 7.11. The first-order valence-electron chi connectivity index (χ1n) is 5.98. The highest BCUT2D eigenvalue weighted by molar-refractivity contribution is 6.37. The third-order valence-corrected chi connectivity index (χ3v) is 3.54. The number of aryl methyl sites for hydroxylation is 1. The Balaban J connectivity index is 1.82. The number of para-hydroxylation sites is 1. The molecule has 2 aromatic carbocycles. The van der Waals surface area contributed by atoms with Gasteiger partial charge in [0, 0.05) is 5.02 Å². The van der Waals surface area contributed by atoms with E-state index in [1.807, 2.05) is 24.3 Å². The molecule has 2 rings (SSSR count). The van der Waals surface area contributed by atoms with Crippen molar-refractivity contribution in [2.24, 2.45) is 0 Å². The molecule has 19 heavy (non-hydrogen) atoms. The number of rotatable bonds is 5. The first-order chi connectivity index (χ1) is 9.16. The van der Waals surface area contributed by atoms with Crippen molar-refractivity contribution in [1.82, 2.24) is 0 Å². The van der Waals surface area contributed by atoms with Gasteiger partial charge in [0.25, 0.3) is 0 Å². The molecule has 0 saturated heterocycles. The van der Waals surface area contributed by atoms with Crippen LogP contribution in [0, 0.1) is 0 Å². The van der Waals surface area contributed by atoms with Gasteiger partial charge < -0.3 is 4.74 Å². The van der Waals surface area contributed by atoms with Gasteiger partial charge in [-0.2, -0.15) is 0 Å². The van der Waals surface area contributed by atoms with Gasteiger partial charge in [-0.1, -0.05) is 53.0 Å². The molecule has 0 unspecified atom stereocenters. The van der Waals surface area contributed by atoms with Gasteiger partial charge in [-0.3, -0.25) is 0 Å². The molecule has 0 amide bonds. The zero-order valence-corrected chi connectivity index (χ0v) is 12.5. The maximum atomic E-state index is 6.02. The summed E-state index contributed by atoms with van der Waals surface area (Å²) in [5.74, 6) is 0.557. The van der Waals surface area contributed by atoms with Crippen molar-refractivity contribution in [3.05, 3.63) is 63.1 Å². The highest BCUT2D eigenvalue weighted by atomic mass is 35.5. The van der Waals surface area contributed by atoms with Crippen molar-refractivity contribution in [1.29, 1.82) is 0 Å². The van der Waals surface area contributed by atoms with Crippen molar-refractivity contribution in [3.8, 4) is 5.75 Å². The van der Waals surface area contributed by atoms with Crippen LogP contribution in [0.2, 0.25) is 15.1 Å². The predicted octanol–water partition coefficient (Wildman–Crippen LogP) is 5.66. The topological polar surface area (TPSA) is 9.23 Å². The summed E-state index contributed by atoms with van der Waals surface area (Å²) in [6.45, 7) is 0.575. The molecule has 0 saturated carbocycles. The lowest BCUT2D eigenvalue weighted by Gasteiger charge is -2.09. The van der Waals surface area contributed by atoms with E-state index in [9.17, 15) is 0 Å². The van der Waals surface area contributed by atoms with E-state index in [2.05, 4.69) is 0 Å². The summed E-state index contributed by atoms with van der Waals surface area (Å²) in [4.78, 5) is 0. The Kier molecular flexibility index (Phi) is 5.38. The van der Waals surface area contributed by atoms with Gasteiger partial charge in [0.1, 0.15) is 0 Å². The maximum Gasteiger partial charge on any atom is 0.156 e. The van der Waals surface area contributed by atoms with Crippen molar-refractivity contribution in [2.75, 3.05) is 6.61 Å². The van der Waals surface area contributed by atoms with Crippen LogP contribution in [0.3, 0.4) is 0 Å². The molecular formula is C15H13Cl3O. The van der Waals surface area contributed by atoms with E-state index in [-0.39, 0.29) is 0 Å². The lowest BCUT2D eigenvalue weighted by Crippen LogP contribution is -2.00. The average molecular weight is 316 g/mol. The van der Waals surface area contributed by atoms with E-state index < -0.39 is 0 Å². The molecule has 0 bridgehead atoms. The summed E-state index contributed by atoms with van der Waals surface area (Å²) in [7, 11) is 0. The minimum Gasteiger partial charge on any atom is -0.490 e. The Hall–Kier alpha value is -0.890. The number of halogens is 3. The molecule has 0 heterocycles.